The molecule has 1 unspecified atom stereocenters. The van der Waals surface area contributed by atoms with Crippen LogP contribution < -0.4 is 5.32 Å². The number of carbonyl (C=O) groups is 2. The summed E-state index contributed by atoms with van der Waals surface area (Å²) in [5.41, 5.74) is 0.649. The number of carboxylic acids is 1. The molecule has 1 atom stereocenters. The van der Waals surface area contributed by atoms with Gasteiger partial charge in [-0.25, -0.2) is 4.79 Å². The normalized spacial score (nSPS) is 19.9. The Morgan fingerprint density at radius 2 is 2.37 bits per heavy atom. The van der Waals surface area contributed by atoms with Crippen LogP contribution in [0.2, 0.25) is 0 Å². The number of carbonyl (C=O) groups excluding carboxylic acids is 1. The van der Waals surface area contributed by atoms with Crippen molar-refractivity contribution >= 4 is 29.3 Å². The number of nitrogens with one attached hydrogen (secondary N) is 1. The number of amides is 1. The third-order valence-electron chi connectivity index (χ3n) is 3.03. The zero-order valence-electron chi connectivity index (χ0n) is 10.6. The number of likely N-dealkylation sites (tertiary alicyclic amines) is 1. The van der Waals surface area contributed by atoms with Gasteiger partial charge >= 0.3 is 5.97 Å². The summed E-state index contributed by atoms with van der Waals surface area (Å²) in [5, 5.41) is 13.4. The van der Waals surface area contributed by atoms with Crippen molar-refractivity contribution in [3.63, 3.8) is 0 Å². The molecule has 2 heterocycles. The van der Waals surface area contributed by atoms with Crippen molar-refractivity contribution in [2.75, 3.05) is 20.1 Å². The minimum Gasteiger partial charge on any atom is -0.478 e. The summed E-state index contributed by atoms with van der Waals surface area (Å²) < 4.78 is 0. The summed E-state index contributed by atoms with van der Waals surface area (Å²) in [7, 11) is 2.03. The van der Waals surface area contributed by atoms with Gasteiger partial charge in [-0.2, -0.15) is 0 Å². The lowest BCUT2D eigenvalue weighted by Crippen LogP contribution is -2.36. The van der Waals surface area contributed by atoms with E-state index in [1.165, 1.54) is 17.4 Å². The molecule has 0 spiro atoms. The molecular formula is C13H16N2O3S. The van der Waals surface area contributed by atoms with E-state index in [9.17, 15) is 9.59 Å². The second-order valence-corrected chi connectivity index (χ2v) is 5.51. The summed E-state index contributed by atoms with van der Waals surface area (Å²) in [6.45, 7) is 1.85. The highest BCUT2D eigenvalue weighted by Gasteiger charge is 2.22. The Bertz CT molecular complexity index is 510. The molecule has 102 valence electrons. The molecule has 1 saturated heterocycles. The van der Waals surface area contributed by atoms with Crippen LogP contribution in [0.1, 0.15) is 21.7 Å². The van der Waals surface area contributed by atoms with Gasteiger partial charge in [-0.05, 0) is 43.1 Å². The molecular weight excluding hydrogens is 264 g/mol. The number of rotatable bonds is 4. The lowest BCUT2D eigenvalue weighted by molar-refractivity contribution is -0.131. The van der Waals surface area contributed by atoms with Crippen LogP contribution in [0.5, 0.6) is 0 Å². The average molecular weight is 280 g/mol. The molecule has 2 rings (SSSR count). The smallest absolute Gasteiger partial charge is 0.328 e. The predicted molar refractivity (Wildman–Crippen MR) is 74.4 cm³/mol. The zero-order chi connectivity index (χ0) is 13.8. The number of hydrogen-bond acceptors (Lipinski definition) is 4. The van der Waals surface area contributed by atoms with Crippen molar-refractivity contribution in [2.45, 2.75) is 12.5 Å². The number of thiophene rings is 1. The molecule has 1 aromatic heterocycles. The Hall–Kier alpha value is -1.66. The van der Waals surface area contributed by atoms with Crippen molar-refractivity contribution in [3.05, 3.63) is 28.0 Å². The van der Waals surface area contributed by atoms with Gasteiger partial charge in [0.05, 0.1) is 4.88 Å². The van der Waals surface area contributed by atoms with Gasteiger partial charge in [-0.3, -0.25) is 4.79 Å². The van der Waals surface area contributed by atoms with Crippen molar-refractivity contribution < 1.29 is 14.7 Å². The minimum absolute atomic E-state index is 0.125. The van der Waals surface area contributed by atoms with Crippen molar-refractivity contribution in [1.29, 1.82) is 0 Å². The third kappa shape index (κ3) is 3.65. The molecule has 0 aliphatic carbocycles. The van der Waals surface area contributed by atoms with E-state index in [1.807, 2.05) is 7.05 Å². The largest absolute Gasteiger partial charge is 0.478 e. The predicted octanol–water partition coefficient (Wildman–Crippen LogP) is 1.28. The lowest BCUT2D eigenvalue weighted by Gasteiger charge is -2.12. The number of nitrogens with zero attached hydrogens (tertiary/aromatic N) is 1. The van der Waals surface area contributed by atoms with Gasteiger partial charge in [0.15, 0.2) is 0 Å². The standard InChI is InChI=1S/C13H16N2O3S/c1-15-6-4-10(8-15)14-13(18)12-9(5-7-19-12)2-3-11(16)17/h2-3,5,7,10H,4,6,8H2,1H3,(H,14,18)(H,16,17)/b3-2+. The highest BCUT2D eigenvalue weighted by atomic mass is 32.1. The van der Waals surface area contributed by atoms with Crippen LogP contribution in [0.3, 0.4) is 0 Å². The summed E-state index contributed by atoms with van der Waals surface area (Å²) in [5.74, 6) is -1.14. The van der Waals surface area contributed by atoms with E-state index >= 15 is 0 Å². The van der Waals surface area contributed by atoms with Crippen molar-refractivity contribution in [2.24, 2.45) is 0 Å². The molecule has 0 bridgehead atoms. The first kappa shape index (κ1) is 13.8. The summed E-state index contributed by atoms with van der Waals surface area (Å²) in [6.07, 6.45) is 3.45. The number of carboxylic acid groups (broad SMARTS) is 1. The Labute approximate surface area is 115 Å². The van der Waals surface area contributed by atoms with Gasteiger partial charge in [-0.1, -0.05) is 0 Å². The van der Waals surface area contributed by atoms with Gasteiger partial charge in [-0.15, -0.1) is 11.3 Å². The number of likely N-dealkylation sites (N-methyl/N-ethyl adjacent to an activating group) is 1. The van der Waals surface area contributed by atoms with E-state index in [-0.39, 0.29) is 11.9 Å². The van der Waals surface area contributed by atoms with E-state index in [0.717, 1.165) is 25.6 Å². The second kappa shape index (κ2) is 5.99. The number of aliphatic carboxylic acids is 1. The molecule has 1 aliphatic rings. The topological polar surface area (TPSA) is 69.6 Å². The minimum atomic E-state index is -1.02. The molecule has 1 aliphatic heterocycles. The molecule has 1 aromatic rings. The maximum Gasteiger partial charge on any atom is 0.328 e. The van der Waals surface area contributed by atoms with Crippen LogP contribution in [-0.2, 0) is 4.79 Å². The van der Waals surface area contributed by atoms with Crippen molar-refractivity contribution in [3.8, 4) is 0 Å². The first-order valence-corrected chi connectivity index (χ1v) is 6.92. The molecule has 0 saturated carbocycles. The Balaban J connectivity index is 2.03. The van der Waals surface area contributed by atoms with Gasteiger partial charge < -0.3 is 15.3 Å². The third-order valence-corrected chi connectivity index (χ3v) is 3.96. The SMILES string of the molecule is CN1CCC(NC(=O)c2sccc2/C=C/C(=O)O)C1. The summed E-state index contributed by atoms with van der Waals surface area (Å²) >= 11 is 1.32. The maximum atomic E-state index is 12.1. The molecule has 19 heavy (non-hydrogen) atoms. The highest BCUT2D eigenvalue weighted by molar-refractivity contribution is 7.12. The van der Waals surface area contributed by atoms with Gasteiger partial charge in [0.1, 0.15) is 0 Å². The molecule has 0 aromatic carbocycles. The second-order valence-electron chi connectivity index (χ2n) is 4.60. The quantitative estimate of drug-likeness (QED) is 0.815. The van der Waals surface area contributed by atoms with Gasteiger partial charge in [0.2, 0.25) is 0 Å². The van der Waals surface area contributed by atoms with E-state index in [4.69, 9.17) is 5.11 Å². The van der Waals surface area contributed by atoms with Crippen LogP contribution in [-0.4, -0.2) is 48.1 Å². The molecule has 0 radical (unpaired) electrons. The molecule has 2 N–H and O–H groups in total. The highest BCUT2D eigenvalue weighted by Crippen LogP contribution is 2.19. The molecule has 6 heteroatoms. The van der Waals surface area contributed by atoms with Crippen LogP contribution in [0, 0.1) is 0 Å². The monoisotopic (exact) mass is 280 g/mol. The fourth-order valence-electron chi connectivity index (χ4n) is 2.10. The van der Waals surface area contributed by atoms with E-state index in [0.29, 0.717) is 10.4 Å². The molecule has 1 amide bonds. The van der Waals surface area contributed by atoms with Crippen molar-refractivity contribution in [1.82, 2.24) is 10.2 Å². The Kier molecular flexibility index (Phi) is 4.34. The fraction of sp³-hybridized carbons (Fsp3) is 0.385. The van der Waals surface area contributed by atoms with Crippen LogP contribution in [0.4, 0.5) is 0 Å². The van der Waals surface area contributed by atoms with Crippen LogP contribution >= 0.6 is 11.3 Å². The Morgan fingerprint density at radius 3 is 3.00 bits per heavy atom. The zero-order valence-corrected chi connectivity index (χ0v) is 11.4. The lowest BCUT2D eigenvalue weighted by atomic mass is 10.2. The van der Waals surface area contributed by atoms with E-state index in [1.54, 1.807) is 11.4 Å². The van der Waals surface area contributed by atoms with Gasteiger partial charge in [0.25, 0.3) is 5.91 Å². The summed E-state index contributed by atoms with van der Waals surface area (Å²) in [4.78, 5) is 25.4. The first-order chi connectivity index (χ1) is 9.06. The number of hydrogen-bond donors (Lipinski definition) is 2. The molecule has 5 nitrogen and oxygen atoms in total. The van der Waals surface area contributed by atoms with Crippen LogP contribution in [0.15, 0.2) is 17.5 Å². The molecule has 1 fully saturated rings. The fourth-order valence-corrected chi connectivity index (χ4v) is 2.89. The Morgan fingerprint density at radius 1 is 1.58 bits per heavy atom. The van der Waals surface area contributed by atoms with Crippen LogP contribution in [0.25, 0.3) is 6.08 Å². The summed E-state index contributed by atoms with van der Waals surface area (Å²) in [6, 6.07) is 1.93. The first-order valence-electron chi connectivity index (χ1n) is 6.04. The average Bonchev–Trinajstić information content (AvgIpc) is 2.95. The van der Waals surface area contributed by atoms with E-state index < -0.39 is 5.97 Å². The van der Waals surface area contributed by atoms with E-state index in [2.05, 4.69) is 10.2 Å². The maximum absolute atomic E-state index is 12.1. The van der Waals surface area contributed by atoms with Gasteiger partial charge in [0, 0.05) is 18.7 Å².